The molecule has 0 bridgehead atoms. The molecule has 2 aromatic rings. The van der Waals surface area contributed by atoms with Crippen LogP contribution in [-0.2, 0) is 16.0 Å². The van der Waals surface area contributed by atoms with Crippen LogP contribution < -0.4 is 5.32 Å². The maximum Gasteiger partial charge on any atom is 0.306 e. The summed E-state index contributed by atoms with van der Waals surface area (Å²) in [6.07, 6.45) is 2.44. The first-order valence-electron chi connectivity index (χ1n) is 8.38. The van der Waals surface area contributed by atoms with Crippen LogP contribution in [0.5, 0.6) is 0 Å². The second-order valence-corrected chi connectivity index (χ2v) is 6.36. The van der Waals surface area contributed by atoms with Crippen LogP contribution in [0, 0.1) is 11.7 Å². The summed E-state index contributed by atoms with van der Waals surface area (Å²) in [7, 11) is 0. The molecule has 1 aliphatic rings. The van der Waals surface area contributed by atoms with Crippen LogP contribution in [0.3, 0.4) is 0 Å². The van der Waals surface area contributed by atoms with Gasteiger partial charge in [0.15, 0.2) is 0 Å². The van der Waals surface area contributed by atoms with Gasteiger partial charge in [-0.15, -0.1) is 0 Å². The first kappa shape index (κ1) is 17.2. The summed E-state index contributed by atoms with van der Waals surface area (Å²) in [5.74, 6) is -0.584. The summed E-state index contributed by atoms with van der Waals surface area (Å²) in [6, 6.07) is 9.73. The quantitative estimate of drug-likeness (QED) is 0.841. The SMILES string of the molecule is O=C(CCc1ccc(-c2ccccc2F)o1)N[C@@H]1CC[C@H](C(=O)O)C1. The molecule has 1 aromatic heterocycles. The lowest BCUT2D eigenvalue weighted by molar-refractivity contribution is -0.141. The maximum absolute atomic E-state index is 13.7. The van der Waals surface area contributed by atoms with Crippen LogP contribution >= 0.6 is 0 Å². The first-order valence-corrected chi connectivity index (χ1v) is 8.38. The highest BCUT2D eigenvalue weighted by Gasteiger charge is 2.30. The Kier molecular flexibility index (Phi) is 5.16. The molecule has 1 saturated carbocycles. The standard InChI is InChI=1S/C19H20FNO4/c20-16-4-2-1-3-15(16)17-9-7-14(25-17)8-10-18(22)21-13-6-5-12(11-13)19(23)24/h1-4,7,9,12-13H,5-6,8,10-11H2,(H,21,22)(H,23,24)/t12-,13+/m0/s1. The van der Waals surface area contributed by atoms with Gasteiger partial charge in [-0.25, -0.2) is 4.39 Å². The van der Waals surface area contributed by atoms with Crippen LogP contribution in [0.2, 0.25) is 0 Å². The number of nitrogens with one attached hydrogen (secondary N) is 1. The van der Waals surface area contributed by atoms with Crippen molar-refractivity contribution in [2.75, 3.05) is 0 Å². The predicted molar refractivity (Wildman–Crippen MR) is 89.3 cm³/mol. The number of carboxylic acid groups (broad SMARTS) is 1. The van der Waals surface area contributed by atoms with E-state index < -0.39 is 5.97 Å². The van der Waals surface area contributed by atoms with Gasteiger partial charge >= 0.3 is 5.97 Å². The smallest absolute Gasteiger partial charge is 0.306 e. The Labute approximate surface area is 144 Å². The molecule has 0 unspecified atom stereocenters. The predicted octanol–water partition coefficient (Wildman–Crippen LogP) is 3.39. The summed E-state index contributed by atoms with van der Waals surface area (Å²) in [5.41, 5.74) is 0.392. The van der Waals surface area contributed by atoms with Gasteiger partial charge in [-0.3, -0.25) is 9.59 Å². The minimum Gasteiger partial charge on any atom is -0.481 e. The van der Waals surface area contributed by atoms with Crippen molar-refractivity contribution in [1.82, 2.24) is 5.32 Å². The van der Waals surface area contributed by atoms with Crippen molar-refractivity contribution in [2.24, 2.45) is 5.92 Å². The summed E-state index contributed by atoms with van der Waals surface area (Å²) < 4.78 is 19.4. The van der Waals surface area contributed by atoms with Crippen molar-refractivity contribution in [3.05, 3.63) is 48.0 Å². The van der Waals surface area contributed by atoms with Gasteiger partial charge in [0, 0.05) is 18.9 Å². The van der Waals surface area contributed by atoms with Gasteiger partial charge in [0.2, 0.25) is 5.91 Å². The van der Waals surface area contributed by atoms with E-state index in [-0.39, 0.29) is 30.1 Å². The summed E-state index contributed by atoms with van der Waals surface area (Å²) in [4.78, 5) is 23.0. The Hall–Kier alpha value is -2.63. The Morgan fingerprint density at radius 2 is 2.00 bits per heavy atom. The Morgan fingerprint density at radius 1 is 1.20 bits per heavy atom. The number of hydrogen-bond acceptors (Lipinski definition) is 3. The Morgan fingerprint density at radius 3 is 2.72 bits per heavy atom. The number of benzene rings is 1. The molecule has 3 rings (SSSR count). The molecule has 25 heavy (non-hydrogen) atoms. The molecule has 2 N–H and O–H groups in total. The van der Waals surface area contributed by atoms with E-state index >= 15 is 0 Å². The van der Waals surface area contributed by atoms with Crippen molar-refractivity contribution in [3.8, 4) is 11.3 Å². The number of furan rings is 1. The third kappa shape index (κ3) is 4.26. The number of carbonyl (C=O) groups excluding carboxylic acids is 1. The number of amides is 1. The summed E-state index contributed by atoms with van der Waals surface area (Å²) >= 11 is 0. The zero-order chi connectivity index (χ0) is 17.8. The van der Waals surface area contributed by atoms with Crippen molar-refractivity contribution >= 4 is 11.9 Å². The monoisotopic (exact) mass is 345 g/mol. The number of halogens is 1. The van der Waals surface area contributed by atoms with Crippen LogP contribution in [0.1, 0.15) is 31.4 Å². The molecular formula is C19H20FNO4. The van der Waals surface area contributed by atoms with Crippen molar-refractivity contribution in [1.29, 1.82) is 0 Å². The van der Waals surface area contributed by atoms with Crippen LogP contribution in [0.15, 0.2) is 40.8 Å². The second kappa shape index (κ2) is 7.51. The van der Waals surface area contributed by atoms with E-state index in [1.54, 1.807) is 30.3 Å². The maximum atomic E-state index is 13.7. The highest BCUT2D eigenvalue weighted by Crippen LogP contribution is 2.27. The number of carboxylic acids is 1. The Balaban J connectivity index is 1.50. The van der Waals surface area contributed by atoms with Crippen molar-refractivity contribution < 1.29 is 23.5 Å². The molecule has 0 radical (unpaired) electrons. The van der Waals surface area contributed by atoms with Gasteiger partial charge in [0.1, 0.15) is 17.3 Å². The van der Waals surface area contributed by atoms with E-state index in [1.807, 2.05) is 0 Å². The van der Waals surface area contributed by atoms with Gasteiger partial charge in [0.05, 0.1) is 11.5 Å². The van der Waals surface area contributed by atoms with Crippen LogP contribution in [0.4, 0.5) is 4.39 Å². The topological polar surface area (TPSA) is 79.5 Å². The highest BCUT2D eigenvalue weighted by atomic mass is 19.1. The van der Waals surface area contributed by atoms with E-state index in [4.69, 9.17) is 9.52 Å². The summed E-state index contributed by atoms with van der Waals surface area (Å²) in [6.45, 7) is 0. The average molecular weight is 345 g/mol. The van der Waals surface area contributed by atoms with Gasteiger partial charge in [-0.1, -0.05) is 12.1 Å². The number of hydrogen-bond donors (Lipinski definition) is 2. The molecule has 1 heterocycles. The minimum absolute atomic E-state index is 0.0702. The van der Waals surface area contributed by atoms with Crippen LogP contribution in [0.25, 0.3) is 11.3 Å². The molecule has 0 saturated heterocycles. The second-order valence-electron chi connectivity index (χ2n) is 6.36. The molecule has 0 aliphatic heterocycles. The number of carbonyl (C=O) groups is 2. The average Bonchev–Trinajstić information content (AvgIpc) is 3.23. The van der Waals surface area contributed by atoms with Crippen LogP contribution in [-0.4, -0.2) is 23.0 Å². The van der Waals surface area contributed by atoms with Gasteiger partial charge in [-0.05, 0) is 43.5 Å². The van der Waals surface area contributed by atoms with Crippen molar-refractivity contribution in [3.63, 3.8) is 0 Å². The largest absolute Gasteiger partial charge is 0.481 e. The fourth-order valence-electron chi connectivity index (χ4n) is 3.19. The van der Waals surface area contributed by atoms with Gasteiger partial charge < -0.3 is 14.8 Å². The molecule has 1 aromatic carbocycles. The molecule has 6 heteroatoms. The Bertz CT molecular complexity index is 770. The van der Waals surface area contributed by atoms with E-state index in [2.05, 4.69) is 5.32 Å². The third-order valence-electron chi connectivity index (χ3n) is 4.55. The van der Waals surface area contributed by atoms with E-state index in [0.29, 0.717) is 42.8 Å². The molecule has 5 nitrogen and oxygen atoms in total. The van der Waals surface area contributed by atoms with E-state index in [1.165, 1.54) is 6.07 Å². The minimum atomic E-state index is -0.798. The lowest BCUT2D eigenvalue weighted by Gasteiger charge is -2.11. The number of aliphatic carboxylic acids is 1. The number of aryl methyl sites for hydroxylation is 1. The van der Waals surface area contributed by atoms with Gasteiger partial charge in [0.25, 0.3) is 0 Å². The normalized spacial score (nSPS) is 19.7. The molecule has 1 fully saturated rings. The zero-order valence-corrected chi connectivity index (χ0v) is 13.7. The fraction of sp³-hybridized carbons (Fsp3) is 0.368. The summed E-state index contributed by atoms with van der Waals surface area (Å²) in [5, 5.41) is 11.9. The van der Waals surface area contributed by atoms with Gasteiger partial charge in [-0.2, -0.15) is 0 Å². The lowest BCUT2D eigenvalue weighted by atomic mass is 10.1. The number of rotatable bonds is 6. The first-order chi connectivity index (χ1) is 12.0. The van der Waals surface area contributed by atoms with E-state index in [9.17, 15) is 14.0 Å². The molecule has 1 aliphatic carbocycles. The third-order valence-corrected chi connectivity index (χ3v) is 4.55. The molecule has 1 amide bonds. The van der Waals surface area contributed by atoms with Crippen molar-refractivity contribution in [2.45, 2.75) is 38.1 Å². The fourth-order valence-corrected chi connectivity index (χ4v) is 3.19. The molecule has 0 spiro atoms. The highest BCUT2D eigenvalue weighted by molar-refractivity contribution is 5.77. The zero-order valence-electron chi connectivity index (χ0n) is 13.7. The lowest BCUT2D eigenvalue weighted by Crippen LogP contribution is -2.33. The molecular weight excluding hydrogens is 325 g/mol. The van der Waals surface area contributed by atoms with E-state index in [0.717, 1.165) is 0 Å². The molecule has 132 valence electrons. The molecule has 2 atom stereocenters.